The van der Waals surface area contributed by atoms with Crippen LogP contribution in [0.4, 0.5) is 22.0 Å². The summed E-state index contributed by atoms with van der Waals surface area (Å²) < 4.78 is 74.0. The van der Waals surface area contributed by atoms with Crippen LogP contribution in [0, 0.1) is 0 Å². The van der Waals surface area contributed by atoms with Gasteiger partial charge < -0.3 is 14.9 Å². The molecule has 0 radical (unpaired) electrons. The van der Waals surface area contributed by atoms with Crippen LogP contribution in [0.1, 0.15) is 23.0 Å². The fourth-order valence-corrected chi connectivity index (χ4v) is 3.92. The second-order valence-corrected chi connectivity index (χ2v) is 9.13. The third kappa shape index (κ3) is 6.69. The van der Waals surface area contributed by atoms with Gasteiger partial charge in [0.25, 0.3) is 5.92 Å². The number of rotatable bonds is 10. The largest absolute Gasteiger partial charge is 0.416 e. The van der Waals surface area contributed by atoms with Crippen molar-refractivity contribution >= 4 is 17.5 Å². The van der Waals surface area contributed by atoms with Crippen LogP contribution in [0.3, 0.4) is 0 Å². The van der Waals surface area contributed by atoms with Crippen LogP contribution in [0.2, 0.25) is 5.02 Å². The second kappa shape index (κ2) is 11.6. The first-order valence-electron chi connectivity index (χ1n) is 11.7. The molecule has 4 aromatic rings. The van der Waals surface area contributed by atoms with E-state index in [-0.39, 0.29) is 28.9 Å². The minimum Gasteiger partial charge on any atom is -0.385 e. The Kier molecular flexibility index (Phi) is 8.39. The average molecular weight is 599 g/mol. The molecule has 0 aliphatic heterocycles. The van der Waals surface area contributed by atoms with Crippen LogP contribution in [0.15, 0.2) is 76.9 Å². The lowest BCUT2D eigenvalue weighted by atomic mass is 10.0. The van der Waals surface area contributed by atoms with Crippen molar-refractivity contribution in [2.45, 2.75) is 37.3 Å². The molecule has 0 fully saturated rings. The first-order chi connectivity index (χ1) is 19.3. The number of amides is 1. The highest BCUT2D eigenvalue weighted by molar-refractivity contribution is 6.30. The summed E-state index contributed by atoms with van der Waals surface area (Å²) in [7, 11) is 0. The Morgan fingerprint density at radius 2 is 1.88 bits per heavy atom. The van der Waals surface area contributed by atoms with E-state index in [9.17, 15) is 36.6 Å². The van der Waals surface area contributed by atoms with Crippen molar-refractivity contribution in [3.63, 3.8) is 0 Å². The summed E-state index contributed by atoms with van der Waals surface area (Å²) in [5.41, 5.74) is -1.80. The van der Waals surface area contributed by atoms with Crippen molar-refractivity contribution in [3.05, 3.63) is 100 Å². The lowest BCUT2D eigenvalue weighted by Crippen LogP contribution is -2.40. The number of carbonyl (C=O) groups excluding carboxylic acids is 1. The van der Waals surface area contributed by atoms with Gasteiger partial charge in [0.05, 0.1) is 12.1 Å². The number of nitrogens with one attached hydrogen (secondary N) is 1. The van der Waals surface area contributed by atoms with Gasteiger partial charge in [0.2, 0.25) is 12.3 Å². The zero-order chi connectivity index (χ0) is 29.9. The molecule has 4 rings (SSSR count). The monoisotopic (exact) mass is 598 g/mol. The van der Waals surface area contributed by atoms with E-state index in [1.54, 1.807) is 0 Å². The number of alkyl halides is 5. The molecule has 0 saturated heterocycles. The number of carbonyl (C=O) groups is 1. The molecule has 2 heterocycles. The molecule has 1 amide bonds. The molecule has 0 aliphatic rings. The normalized spacial score (nSPS) is 13.5. The van der Waals surface area contributed by atoms with Crippen molar-refractivity contribution in [1.29, 1.82) is 0 Å². The highest BCUT2D eigenvalue weighted by Gasteiger charge is 2.36. The van der Waals surface area contributed by atoms with E-state index in [1.165, 1.54) is 30.3 Å². The zero-order valence-corrected chi connectivity index (χ0v) is 21.5. The maximum atomic E-state index is 14.0. The number of hydrogen-bond donors (Lipinski definition) is 2. The summed E-state index contributed by atoms with van der Waals surface area (Å²) in [5.74, 6) is -5.00. The Balaban J connectivity index is 1.67. The Bertz CT molecular complexity index is 1590. The molecule has 2 aromatic carbocycles. The Labute approximate surface area is 232 Å². The van der Waals surface area contributed by atoms with Crippen molar-refractivity contribution in [3.8, 4) is 11.4 Å². The van der Waals surface area contributed by atoms with Gasteiger partial charge in [-0.05, 0) is 48.0 Å². The molecule has 0 saturated carbocycles. The molecular formula is C25H20ClF5N6O4. The Hall–Kier alpha value is -4.37. The number of aliphatic hydroxyl groups excluding tert-OH is 1. The molecule has 41 heavy (non-hydrogen) atoms. The highest BCUT2D eigenvalue weighted by Crippen LogP contribution is 2.32. The van der Waals surface area contributed by atoms with E-state index in [0.717, 1.165) is 29.2 Å². The van der Waals surface area contributed by atoms with Gasteiger partial charge in [-0.15, -0.1) is 5.10 Å². The number of hydrogen-bond acceptors (Lipinski definition) is 7. The van der Waals surface area contributed by atoms with E-state index >= 15 is 0 Å². The Morgan fingerprint density at radius 1 is 1.17 bits per heavy atom. The molecule has 2 atom stereocenters. The Morgan fingerprint density at radius 3 is 2.49 bits per heavy atom. The third-order valence-corrected chi connectivity index (χ3v) is 6.13. The summed E-state index contributed by atoms with van der Waals surface area (Å²) in [5, 5.41) is 20.5. The summed E-state index contributed by atoms with van der Waals surface area (Å²) in [6.45, 7) is 1.29. The molecule has 0 bridgehead atoms. The minimum absolute atomic E-state index is 0.0379. The van der Waals surface area contributed by atoms with Crippen molar-refractivity contribution in [2.75, 3.05) is 0 Å². The van der Waals surface area contributed by atoms with Gasteiger partial charge in [0.15, 0.2) is 11.6 Å². The number of benzene rings is 2. The average Bonchev–Trinajstić information content (AvgIpc) is 3.56. The maximum Gasteiger partial charge on any atom is 0.416 e. The van der Waals surface area contributed by atoms with Crippen LogP contribution in [-0.2, 0) is 24.1 Å². The van der Waals surface area contributed by atoms with Crippen LogP contribution in [-0.4, -0.2) is 47.5 Å². The fourth-order valence-electron chi connectivity index (χ4n) is 3.79. The van der Waals surface area contributed by atoms with Gasteiger partial charge in [-0.2, -0.15) is 26.9 Å². The smallest absolute Gasteiger partial charge is 0.385 e. The van der Waals surface area contributed by atoms with Crippen LogP contribution in [0.5, 0.6) is 0 Å². The van der Waals surface area contributed by atoms with Gasteiger partial charge in [-0.3, -0.25) is 9.36 Å². The maximum absolute atomic E-state index is 14.0. The summed E-state index contributed by atoms with van der Waals surface area (Å²) in [4.78, 5) is 30.0. The predicted molar refractivity (Wildman–Crippen MR) is 134 cm³/mol. The molecular weight excluding hydrogens is 579 g/mol. The van der Waals surface area contributed by atoms with E-state index < -0.39 is 54.5 Å². The molecule has 1 unspecified atom stereocenters. The van der Waals surface area contributed by atoms with Gasteiger partial charge in [-0.1, -0.05) is 35.5 Å². The van der Waals surface area contributed by atoms with Gasteiger partial charge in [0, 0.05) is 10.6 Å². The third-order valence-electron chi connectivity index (χ3n) is 5.88. The second-order valence-electron chi connectivity index (χ2n) is 8.69. The minimum atomic E-state index is -4.67. The number of aromatic nitrogens is 5. The van der Waals surface area contributed by atoms with E-state index in [1.807, 2.05) is 0 Å². The van der Waals surface area contributed by atoms with Gasteiger partial charge in [0.1, 0.15) is 18.7 Å². The first-order valence-corrected chi connectivity index (χ1v) is 12.0. The van der Waals surface area contributed by atoms with Gasteiger partial charge in [-0.25, -0.2) is 9.48 Å². The molecule has 2 N–H and O–H groups in total. The molecule has 0 spiro atoms. The molecule has 16 heteroatoms. The van der Waals surface area contributed by atoms with Crippen LogP contribution >= 0.6 is 11.6 Å². The number of nitrogens with zero attached hydrogens (tertiary/aromatic N) is 5. The lowest BCUT2D eigenvalue weighted by Gasteiger charge is -2.19. The van der Waals surface area contributed by atoms with E-state index in [0.29, 0.717) is 9.70 Å². The lowest BCUT2D eigenvalue weighted by molar-refractivity contribution is -0.137. The quantitative estimate of drug-likeness (QED) is 0.210. The summed E-state index contributed by atoms with van der Waals surface area (Å²) >= 11 is 5.91. The zero-order valence-electron chi connectivity index (χ0n) is 20.7. The standard InChI is InChI=1S/C25H20ClF5N6O4/c1-2-24(27,28)18(38)11-36-22(14-6-8-17(26)9-7-14)34-37(23(36)40)12-19(39)33-20(21-32-13-41-35-21)15-4-3-5-16(10-15)25(29,30)31/h2-10,13,18,20,38H,1,11-12H2,(H,33,39)/t18-,20?/m0/s1. The first kappa shape index (κ1) is 29.6. The number of halogens is 6. The molecule has 0 aliphatic carbocycles. The molecule has 2 aromatic heterocycles. The van der Waals surface area contributed by atoms with Crippen molar-refractivity contribution in [2.24, 2.45) is 0 Å². The molecule has 216 valence electrons. The topological polar surface area (TPSA) is 128 Å². The highest BCUT2D eigenvalue weighted by atomic mass is 35.5. The van der Waals surface area contributed by atoms with Crippen molar-refractivity contribution in [1.82, 2.24) is 29.8 Å². The van der Waals surface area contributed by atoms with Crippen LogP contribution < -0.4 is 11.0 Å². The predicted octanol–water partition coefficient (Wildman–Crippen LogP) is 3.86. The number of aliphatic hydroxyl groups is 1. The van der Waals surface area contributed by atoms with Crippen LogP contribution in [0.25, 0.3) is 11.4 Å². The van der Waals surface area contributed by atoms with E-state index in [4.69, 9.17) is 11.6 Å². The van der Waals surface area contributed by atoms with E-state index in [2.05, 4.69) is 31.7 Å². The van der Waals surface area contributed by atoms with Gasteiger partial charge >= 0.3 is 11.9 Å². The summed E-state index contributed by atoms with van der Waals surface area (Å²) in [6, 6.07) is 8.56. The molecule has 10 nitrogen and oxygen atoms in total. The van der Waals surface area contributed by atoms with Crippen molar-refractivity contribution < 1.29 is 36.4 Å². The SMILES string of the molecule is C=CC(F)(F)[C@@H](O)Cn1c(-c2ccc(Cl)cc2)nn(CC(=O)NC(c2cccc(C(F)(F)F)c2)c2ncon2)c1=O. The summed E-state index contributed by atoms with van der Waals surface area (Å²) in [6.07, 6.45) is -5.89. The fraction of sp³-hybridized carbons (Fsp3) is 0.240.